The molecule has 0 radical (unpaired) electrons. The van der Waals surface area contributed by atoms with E-state index in [0.29, 0.717) is 0 Å². The van der Waals surface area contributed by atoms with Crippen LogP contribution in [0, 0.1) is 20.5 Å². The molecule has 0 saturated carbocycles. The monoisotopic (exact) mass is 634 g/mol. The summed E-state index contributed by atoms with van der Waals surface area (Å²) >= 11 is 0. The molecule has 1 saturated heterocycles. The van der Waals surface area contributed by atoms with Gasteiger partial charge in [-0.05, 0) is 83.3 Å². The van der Waals surface area contributed by atoms with Gasteiger partial charge in [0.25, 0.3) is 0 Å². The minimum absolute atomic E-state index is 0.00118. The summed E-state index contributed by atoms with van der Waals surface area (Å²) in [6, 6.07) is 32.1. The SMILES string of the molecule is Cc1cc2c(cc1C)[N@@+]1(C)[CH-][N@+]2(c2cc(N(C)c3ccc4c5ccccc5n(-c5cc(C(C)(C)C)ccn5)c4c3)cc(C(C)(C)C)c2)C1. The number of hydrogen-bond acceptors (Lipinski definition) is 2. The minimum Gasteiger partial charge on any atom is -0.344 e. The Morgan fingerprint density at radius 2 is 1.38 bits per heavy atom. The number of para-hydroxylation sites is 1. The molecular formula is C43H48N5+. The Morgan fingerprint density at radius 3 is 2.08 bits per heavy atom. The van der Waals surface area contributed by atoms with E-state index in [9.17, 15) is 0 Å². The standard InChI is InChI=1S/C43H48N5/c1-28-19-39-40(20-29(28)2)48(26-47(39,10)27-48)34-22-31(43(6,7)8)21-33(24-34)45(9)32-15-16-36-35-13-11-12-14-37(35)46(38(36)25-32)41-23-30(17-18-44-41)42(3,4)5/h11-26H,27H2,1-10H3/q+1/t47-,48+/m0/s1. The van der Waals surface area contributed by atoms with Gasteiger partial charge in [-0.2, -0.15) is 0 Å². The van der Waals surface area contributed by atoms with Gasteiger partial charge in [0.15, 0.2) is 18.0 Å². The van der Waals surface area contributed by atoms with Crippen LogP contribution in [0.25, 0.3) is 27.6 Å². The molecular weight excluding hydrogens is 587 g/mol. The van der Waals surface area contributed by atoms with Gasteiger partial charge in [0, 0.05) is 59.7 Å². The molecule has 0 unspecified atom stereocenters. The molecule has 3 aliphatic heterocycles. The number of fused-ring (bicyclic) bond motifs is 3. The van der Waals surface area contributed by atoms with Crippen LogP contribution in [0.4, 0.5) is 28.4 Å². The molecule has 48 heavy (non-hydrogen) atoms. The normalized spacial score (nSPS) is 20.3. The van der Waals surface area contributed by atoms with Crippen LogP contribution in [0.2, 0.25) is 0 Å². The predicted octanol–water partition coefficient (Wildman–Crippen LogP) is 10.8. The summed E-state index contributed by atoms with van der Waals surface area (Å²) < 4.78 is 4.01. The molecule has 2 atom stereocenters. The van der Waals surface area contributed by atoms with E-state index in [-0.39, 0.29) is 10.8 Å². The Balaban J connectivity index is 1.29. The van der Waals surface area contributed by atoms with E-state index in [0.717, 1.165) is 32.7 Å². The van der Waals surface area contributed by atoms with Crippen molar-refractivity contribution in [2.24, 2.45) is 0 Å². The summed E-state index contributed by atoms with van der Waals surface area (Å²) in [6.45, 7) is 21.8. The quantitative estimate of drug-likeness (QED) is 0.142. The second-order valence-corrected chi connectivity index (χ2v) is 16.6. The summed E-state index contributed by atoms with van der Waals surface area (Å²) in [5.41, 5.74) is 14.2. The zero-order valence-corrected chi connectivity index (χ0v) is 30.2. The predicted molar refractivity (Wildman–Crippen MR) is 205 cm³/mol. The third-order valence-corrected chi connectivity index (χ3v) is 11.0. The van der Waals surface area contributed by atoms with Crippen molar-refractivity contribution < 1.29 is 0 Å². The Hall–Kier alpha value is -4.45. The number of anilines is 2. The van der Waals surface area contributed by atoms with Crippen LogP contribution < -0.4 is 13.9 Å². The van der Waals surface area contributed by atoms with Crippen molar-refractivity contribution >= 4 is 50.2 Å². The Bertz CT molecular complexity index is 2270. The third-order valence-electron chi connectivity index (χ3n) is 11.0. The van der Waals surface area contributed by atoms with Crippen LogP contribution in [0.3, 0.4) is 0 Å². The van der Waals surface area contributed by atoms with Crippen LogP contribution in [-0.2, 0) is 10.8 Å². The molecule has 5 heteroatoms. The molecule has 6 aromatic rings. The van der Waals surface area contributed by atoms with E-state index >= 15 is 0 Å². The maximum Gasteiger partial charge on any atom is 0.181 e. The van der Waals surface area contributed by atoms with Crippen molar-refractivity contribution in [2.45, 2.75) is 66.2 Å². The number of quaternary nitrogens is 2. The van der Waals surface area contributed by atoms with Gasteiger partial charge in [0.1, 0.15) is 11.5 Å². The molecule has 244 valence electrons. The first kappa shape index (κ1) is 30.9. The second kappa shape index (κ2) is 10.0. The highest BCUT2D eigenvalue weighted by Crippen LogP contribution is 2.61. The summed E-state index contributed by atoms with van der Waals surface area (Å²) in [7, 11) is 4.56. The van der Waals surface area contributed by atoms with Gasteiger partial charge in [-0.25, -0.2) is 4.98 Å². The van der Waals surface area contributed by atoms with Crippen molar-refractivity contribution in [2.75, 3.05) is 25.7 Å². The summed E-state index contributed by atoms with van der Waals surface area (Å²) in [4.78, 5) is 7.28. The fraction of sp³-hybridized carbons (Fsp3) is 0.302. The molecule has 9 rings (SSSR count). The van der Waals surface area contributed by atoms with Crippen LogP contribution in [0.1, 0.15) is 63.8 Å². The lowest BCUT2D eigenvalue weighted by atomic mass is 9.86. The number of pyridine rings is 1. The summed E-state index contributed by atoms with van der Waals surface area (Å²) in [6.07, 6.45) is 1.95. The van der Waals surface area contributed by atoms with Crippen molar-refractivity contribution in [3.05, 3.63) is 120 Å². The Kier molecular flexibility index (Phi) is 6.45. The van der Waals surface area contributed by atoms with E-state index in [2.05, 4.69) is 171 Å². The van der Waals surface area contributed by atoms with Crippen molar-refractivity contribution in [1.82, 2.24) is 18.5 Å². The molecule has 2 aromatic heterocycles. The molecule has 1 fully saturated rings. The van der Waals surface area contributed by atoms with Crippen LogP contribution >= 0.6 is 0 Å². The molecule has 4 aromatic carbocycles. The summed E-state index contributed by atoms with van der Waals surface area (Å²) in [5, 5.41) is 2.48. The fourth-order valence-corrected chi connectivity index (χ4v) is 7.98. The van der Waals surface area contributed by atoms with E-state index in [1.54, 1.807) is 0 Å². The van der Waals surface area contributed by atoms with Gasteiger partial charge in [-0.1, -0.05) is 65.8 Å². The van der Waals surface area contributed by atoms with Gasteiger partial charge in [0.05, 0.1) is 24.7 Å². The molecule has 0 amide bonds. The van der Waals surface area contributed by atoms with Gasteiger partial charge in [-0.3, -0.25) is 9.05 Å². The number of benzene rings is 4. The first-order chi connectivity index (χ1) is 22.6. The lowest BCUT2D eigenvalue weighted by Gasteiger charge is -2.55. The lowest BCUT2D eigenvalue weighted by Crippen LogP contribution is -2.68. The van der Waals surface area contributed by atoms with Crippen LogP contribution in [0.5, 0.6) is 0 Å². The van der Waals surface area contributed by atoms with Gasteiger partial charge >= 0.3 is 0 Å². The maximum atomic E-state index is 4.91. The molecule has 5 nitrogen and oxygen atoms in total. The molecule has 3 aliphatic rings. The first-order valence-corrected chi connectivity index (χ1v) is 17.2. The number of nitrogens with zero attached hydrogens (tertiary/aromatic N) is 5. The average molecular weight is 635 g/mol. The number of hydrogen-bond donors (Lipinski definition) is 0. The first-order valence-electron chi connectivity index (χ1n) is 17.2. The molecule has 2 bridgehead atoms. The zero-order valence-electron chi connectivity index (χ0n) is 30.2. The number of aryl methyl sites for hydroxylation is 2. The minimum atomic E-state index is -0.00118. The van der Waals surface area contributed by atoms with E-state index < -0.39 is 0 Å². The number of rotatable bonds is 4. The molecule has 0 spiro atoms. The fourth-order valence-electron chi connectivity index (χ4n) is 7.98. The van der Waals surface area contributed by atoms with Crippen LogP contribution in [0.15, 0.2) is 91.1 Å². The molecule has 5 heterocycles. The molecule has 0 aliphatic carbocycles. The van der Waals surface area contributed by atoms with Gasteiger partial charge in [-0.15, -0.1) is 0 Å². The lowest BCUT2D eigenvalue weighted by molar-refractivity contribution is 0.157. The Morgan fingerprint density at radius 1 is 0.708 bits per heavy atom. The zero-order chi connectivity index (χ0) is 34.0. The third kappa shape index (κ3) is 4.48. The number of aromatic nitrogens is 2. The highest BCUT2D eigenvalue weighted by atomic mass is 15.7. The van der Waals surface area contributed by atoms with Crippen molar-refractivity contribution in [1.29, 1.82) is 0 Å². The largest absolute Gasteiger partial charge is 0.344 e. The van der Waals surface area contributed by atoms with E-state index in [1.165, 1.54) is 61.3 Å². The van der Waals surface area contributed by atoms with Gasteiger partial charge < -0.3 is 9.38 Å². The average Bonchev–Trinajstić information content (AvgIpc) is 3.57. The maximum absolute atomic E-state index is 4.91. The van der Waals surface area contributed by atoms with Gasteiger partial charge in [0.2, 0.25) is 0 Å². The highest BCUT2D eigenvalue weighted by molar-refractivity contribution is 6.10. The van der Waals surface area contributed by atoms with E-state index in [1.807, 2.05) is 6.20 Å². The van der Waals surface area contributed by atoms with Crippen molar-refractivity contribution in [3.63, 3.8) is 0 Å². The van der Waals surface area contributed by atoms with Crippen molar-refractivity contribution in [3.8, 4) is 5.82 Å². The van der Waals surface area contributed by atoms with E-state index in [4.69, 9.17) is 4.98 Å². The topological polar surface area (TPSA) is 21.1 Å². The smallest absolute Gasteiger partial charge is 0.181 e. The van der Waals surface area contributed by atoms with Crippen LogP contribution in [-0.4, -0.2) is 30.3 Å². The highest BCUT2D eigenvalue weighted by Gasteiger charge is 2.59. The Labute approximate surface area is 285 Å². The summed E-state index contributed by atoms with van der Waals surface area (Å²) in [5.74, 6) is 0.953. The second-order valence-electron chi connectivity index (χ2n) is 16.6. The molecule has 0 N–H and O–H groups in total.